The van der Waals surface area contributed by atoms with Crippen LogP contribution in [0.25, 0.3) is 10.8 Å². The highest BCUT2D eigenvalue weighted by molar-refractivity contribution is 9.10. The summed E-state index contributed by atoms with van der Waals surface area (Å²) in [4.78, 5) is 38.7. The van der Waals surface area contributed by atoms with Gasteiger partial charge >= 0.3 is 0 Å². The van der Waals surface area contributed by atoms with Crippen LogP contribution in [-0.4, -0.2) is 16.7 Å². The number of nitro groups is 1. The molecule has 38 heavy (non-hydrogen) atoms. The first kappa shape index (κ1) is 24.9. The molecule has 0 unspecified atom stereocenters. The Labute approximate surface area is 226 Å². The van der Waals surface area contributed by atoms with Gasteiger partial charge in [-0.05, 0) is 87.4 Å². The lowest BCUT2D eigenvalue weighted by Gasteiger charge is -2.24. The molecule has 8 heteroatoms. The largest absolute Gasteiger partial charge is 0.322 e. The van der Waals surface area contributed by atoms with Crippen molar-refractivity contribution in [3.8, 4) is 0 Å². The van der Waals surface area contributed by atoms with Crippen molar-refractivity contribution >= 4 is 61.3 Å². The van der Waals surface area contributed by atoms with E-state index >= 15 is 0 Å². The van der Waals surface area contributed by atoms with Gasteiger partial charge in [-0.1, -0.05) is 48.5 Å². The third kappa shape index (κ3) is 5.16. The first-order valence-electron chi connectivity index (χ1n) is 11.6. The lowest BCUT2D eigenvalue weighted by atomic mass is 10.1. The summed E-state index contributed by atoms with van der Waals surface area (Å²) in [6, 6.07) is 33.9. The second-order valence-corrected chi connectivity index (χ2v) is 9.32. The predicted molar refractivity (Wildman–Crippen MR) is 152 cm³/mol. The molecular formula is C30H20BrN3O4. The molecule has 1 N–H and O–H groups in total. The molecule has 0 atom stereocenters. The molecule has 5 aromatic rings. The van der Waals surface area contributed by atoms with E-state index in [9.17, 15) is 19.7 Å². The van der Waals surface area contributed by atoms with Gasteiger partial charge in [0.1, 0.15) is 0 Å². The van der Waals surface area contributed by atoms with Crippen molar-refractivity contribution in [2.75, 3.05) is 10.2 Å². The standard InChI is InChI=1S/C30H20BrN3O4/c31-27-17-13-23(19-28(27)34(37)38)29(35)32-24-14-10-21(11-15-24)30(36)33(25-8-2-1-3-9-25)26-16-12-20-6-4-5-7-22(20)18-26/h1-19H,(H,32,35). The Balaban J connectivity index is 1.41. The molecule has 2 amide bonds. The fourth-order valence-electron chi connectivity index (χ4n) is 4.10. The van der Waals surface area contributed by atoms with Crippen LogP contribution in [-0.2, 0) is 0 Å². The Bertz CT molecular complexity index is 1670. The highest BCUT2D eigenvalue weighted by atomic mass is 79.9. The lowest BCUT2D eigenvalue weighted by molar-refractivity contribution is -0.385. The van der Waals surface area contributed by atoms with Crippen molar-refractivity contribution in [3.63, 3.8) is 0 Å². The first-order chi connectivity index (χ1) is 18.4. The number of para-hydroxylation sites is 1. The number of benzene rings is 5. The van der Waals surface area contributed by atoms with Crippen molar-refractivity contribution in [2.24, 2.45) is 0 Å². The van der Waals surface area contributed by atoms with E-state index in [1.807, 2.05) is 72.8 Å². The van der Waals surface area contributed by atoms with E-state index in [2.05, 4.69) is 21.2 Å². The van der Waals surface area contributed by atoms with Crippen molar-refractivity contribution < 1.29 is 14.5 Å². The number of anilines is 3. The van der Waals surface area contributed by atoms with Crippen LogP contribution in [0.1, 0.15) is 20.7 Å². The van der Waals surface area contributed by atoms with Crippen LogP contribution < -0.4 is 10.2 Å². The third-order valence-electron chi connectivity index (χ3n) is 6.00. The highest BCUT2D eigenvalue weighted by Crippen LogP contribution is 2.31. The molecule has 0 radical (unpaired) electrons. The summed E-state index contributed by atoms with van der Waals surface area (Å²) >= 11 is 3.12. The summed E-state index contributed by atoms with van der Waals surface area (Å²) in [5.74, 6) is -0.727. The van der Waals surface area contributed by atoms with Crippen LogP contribution in [0.2, 0.25) is 0 Å². The van der Waals surface area contributed by atoms with E-state index in [1.54, 1.807) is 29.2 Å². The van der Waals surface area contributed by atoms with Crippen LogP contribution >= 0.6 is 15.9 Å². The number of amides is 2. The van der Waals surface area contributed by atoms with Gasteiger partial charge in [0.15, 0.2) is 0 Å². The molecule has 5 rings (SSSR count). The zero-order valence-electron chi connectivity index (χ0n) is 19.9. The normalized spacial score (nSPS) is 10.7. The van der Waals surface area contributed by atoms with Crippen LogP contribution in [0.4, 0.5) is 22.7 Å². The molecule has 0 aliphatic heterocycles. The highest BCUT2D eigenvalue weighted by Gasteiger charge is 2.21. The smallest absolute Gasteiger partial charge is 0.284 e. The molecule has 7 nitrogen and oxygen atoms in total. The summed E-state index contributed by atoms with van der Waals surface area (Å²) in [6.07, 6.45) is 0. The average molecular weight is 566 g/mol. The second-order valence-electron chi connectivity index (χ2n) is 8.46. The van der Waals surface area contributed by atoms with E-state index in [-0.39, 0.29) is 21.6 Å². The zero-order valence-corrected chi connectivity index (χ0v) is 21.5. The fraction of sp³-hybridized carbons (Fsp3) is 0. The van der Waals surface area contributed by atoms with Gasteiger partial charge in [-0.3, -0.25) is 24.6 Å². The number of rotatable bonds is 6. The number of nitrogens with zero attached hydrogens (tertiary/aromatic N) is 2. The van der Waals surface area contributed by atoms with Gasteiger partial charge in [-0.25, -0.2) is 0 Å². The van der Waals surface area contributed by atoms with Crippen LogP contribution in [0.5, 0.6) is 0 Å². The zero-order chi connectivity index (χ0) is 26.6. The Morgan fingerprint density at radius 1 is 0.711 bits per heavy atom. The minimum Gasteiger partial charge on any atom is -0.322 e. The lowest BCUT2D eigenvalue weighted by Crippen LogP contribution is -2.26. The van der Waals surface area contributed by atoms with Gasteiger partial charge in [0.2, 0.25) is 0 Å². The number of carbonyl (C=O) groups excluding carboxylic acids is 2. The van der Waals surface area contributed by atoms with E-state index in [1.165, 1.54) is 18.2 Å². The molecule has 0 heterocycles. The van der Waals surface area contributed by atoms with Crippen molar-refractivity contribution in [2.45, 2.75) is 0 Å². The van der Waals surface area contributed by atoms with Gasteiger partial charge in [-0.15, -0.1) is 0 Å². The van der Waals surface area contributed by atoms with Crippen LogP contribution in [0.15, 0.2) is 120 Å². The third-order valence-corrected chi connectivity index (χ3v) is 6.67. The summed E-state index contributed by atoms with van der Waals surface area (Å²) in [6.45, 7) is 0. The summed E-state index contributed by atoms with van der Waals surface area (Å²) in [7, 11) is 0. The Morgan fingerprint density at radius 3 is 2.08 bits per heavy atom. The Hall–Kier alpha value is -4.82. The number of fused-ring (bicyclic) bond motifs is 1. The van der Waals surface area contributed by atoms with E-state index < -0.39 is 10.8 Å². The van der Waals surface area contributed by atoms with Crippen LogP contribution in [0, 0.1) is 10.1 Å². The molecule has 0 aromatic heterocycles. The molecule has 0 saturated heterocycles. The maximum atomic E-state index is 13.7. The van der Waals surface area contributed by atoms with Gasteiger partial charge in [0.05, 0.1) is 9.40 Å². The van der Waals surface area contributed by atoms with Gasteiger partial charge in [0, 0.05) is 34.3 Å². The quantitative estimate of drug-likeness (QED) is 0.168. The molecule has 0 aliphatic rings. The average Bonchev–Trinajstić information content (AvgIpc) is 2.94. The number of halogens is 1. The Morgan fingerprint density at radius 2 is 1.37 bits per heavy atom. The summed E-state index contributed by atoms with van der Waals surface area (Å²) in [5.41, 5.74) is 2.28. The molecule has 5 aromatic carbocycles. The molecule has 0 bridgehead atoms. The predicted octanol–water partition coefficient (Wildman–Crippen LogP) is 7.74. The van der Waals surface area contributed by atoms with E-state index in [0.29, 0.717) is 11.3 Å². The number of hydrogen-bond acceptors (Lipinski definition) is 4. The molecule has 0 saturated carbocycles. The fourth-order valence-corrected chi connectivity index (χ4v) is 4.49. The molecule has 0 spiro atoms. The second kappa shape index (κ2) is 10.7. The van der Waals surface area contributed by atoms with Crippen molar-refractivity contribution in [1.29, 1.82) is 0 Å². The number of carbonyl (C=O) groups is 2. The van der Waals surface area contributed by atoms with Crippen molar-refractivity contribution in [1.82, 2.24) is 0 Å². The summed E-state index contributed by atoms with van der Waals surface area (Å²) in [5, 5.41) is 16.0. The van der Waals surface area contributed by atoms with E-state index in [4.69, 9.17) is 0 Å². The van der Waals surface area contributed by atoms with Gasteiger partial charge in [0.25, 0.3) is 17.5 Å². The minimum absolute atomic E-state index is 0.145. The molecule has 186 valence electrons. The number of nitro benzene ring substituents is 1. The molecular weight excluding hydrogens is 546 g/mol. The molecule has 0 fully saturated rings. The SMILES string of the molecule is O=C(Nc1ccc(C(=O)N(c2ccccc2)c2ccc3ccccc3c2)cc1)c1ccc(Br)c([N+](=O)[O-])c1. The van der Waals surface area contributed by atoms with Crippen molar-refractivity contribution in [3.05, 3.63) is 141 Å². The summed E-state index contributed by atoms with van der Waals surface area (Å²) < 4.78 is 0.288. The number of nitrogens with one attached hydrogen (secondary N) is 1. The first-order valence-corrected chi connectivity index (χ1v) is 12.4. The maximum absolute atomic E-state index is 13.7. The maximum Gasteiger partial charge on any atom is 0.284 e. The van der Waals surface area contributed by atoms with Gasteiger partial charge in [-0.2, -0.15) is 0 Å². The monoisotopic (exact) mass is 565 g/mol. The molecule has 0 aliphatic carbocycles. The Kier molecular flexibility index (Phi) is 6.97. The van der Waals surface area contributed by atoms with Crippen LogP contribution in [0.3, 0.4) is 0 Å². The number of hydrogen-bond donors (Lipinski definition) is 1. The van der Waals surface area contributed by atoms with E-state index in [0.717, 1.165) is 22.1 Å². The minimum atomic E-state index is -0.560. The van der Waals surface area contributed by atoms with Gasteiger partial charge < -0.3 is 5.32 Å². The topological polar surface area (TPSA) is 92.6 Å².